The van der Waals surface area contributed by atoms with Crippen LogP contribution in [0.5, 0.6) is 0 Å². The molecule has 3 heterocycles. The topological polar surface area (TPSA) is 58.4 Å². The molecular weight excluding hydrogens is 324 g/mol. The Hall–Kier alpha value is -1.70. The summed E-state index contributed by atoms with van der Waals surface area (Å²) in [5, 5.41) is 0. The highest BCUT2D eigenvalue weighted by molar-refractivity contribution is 7.89. The van der Waals surface area contributed by atoms with Crippen molar-refractivity contribution < 1.29 is 8.42 Å². The molecule has 2 aliphatic rings. The molecule has 2 aromatic rings. The fourth-order valence-corrected chi connectivity index (χ4v) is 4.89. The Morgan fingerprint density at radius 3 is 2.50 bits per heavy atom. The average Bonchev–Trinajstić information content (AvgIpc) is 3.24. The first-order chi connectivity index (χ1) is 11.6. The third-order valence-electron chi connectivity index (χ3n) is 4.78. The van der Waals surface area contributed by atoms with E-state index in [1.165, 1.54) is 17.1 Å². The Labute approximate surface area is 142 Å². The van der Waals surface area contributed by atoms with Crippen LogP contribution >= 0.6 is 0 Å². The molecule has 0 atom stereocenters. The average molecular weight is 346 g/mol. The van der Waals surface area contributed by atoms with Gasteiger partial charge in [-0.1, -0.05) is 18.2 Å². The van der Waals surface area contributed by atoms with E-state index in [9.17, 15) is 8.42 Å². The van der Waals surface area contributed by atoms with Gasteiger partial charge in [-0.05, 0) is 38.1 Å². The summed E-state index contributed by atoms with van der Waals surface area (Å²) in [6, 6.07) is 8.63. The number of hydrogen-bond donors (Lipinski definition) is 0. The van der Waals surface area contributed by atoms with Gasteiger partial charge in [0.2, 0.25) is 10.0 Å². The fraction of sp³-hybridized carbons (Fsp3) is 0.471. The van der Waals surface area contributed by atoms with Crippen LogP contribution in [-0.2, 0) is 29.7 Å². The quantitative estimate of drug-likeness (QED) is 0.845. The van der Waals surface area contributed by atoms with Crippen LogP contribution in [0.25, 0.3) is 0 Å². The highest BCUT2D eigenvalue weighted by atomic mass is 32.2. The summed E-state index contributed by atoms with van der Waals surface area (Å²) in [6.45, 7) is 4.63. The van der Waals surface area contributed by atoms with Crippen LogP contribution < -0.4 is 0 Å². The number of rotatable bonds is 4. The first-order valence-corrected chi connectivity index (χ1v) is 9.89. The number of benzene rings is 1. The highest BCUT2D eigenvalue weighted by Crippen LogP contribution is 2.22. The lowest BCUT2D eigenvalue weighted by Gasteiger charge is -2.26. The van der Waals surface area contributed by atoms with E-state index in [2.05, 4.69) is 20.6 Å². The molecular formula is C17H22N4O2S. The molecule has 0 bridgehead atoms. The Bertz CT molecular complexity index is 810. The molecule has 0 amide bonds. The molecule has 0 spiro atoms. The maximum atomic E-state index is 12.8. The standard InChI is InChI=1S/C17H22N4O2S/c22-24(23,16-6-2-1-3-7-16)21-11-10-20-13-15(18-17(20)14-21)12-19-8-4-5-9-19/h1-3,6-7,13H,4-5,8-12,14H2. The summed E-state index contributed by atoms with van der Waals surface area (Å²) in [5.74, 6) is 0.843. The lowest BCUT2D eigenvalue weighted by Crippen LogP contribution is -2.38. The second-order valence-electron chi connectivity index (χ2n) is 6.48. The van der Waals surface area contributed by atoms with E-state index in [1.807, 2.05) is 6.07 Å². The summed E-state index contributed by atoms with van der Waals surface area (Å²) < 4.78 is 29.2. The van der Waals surface area contributed by atoms with Crippen LogP contribution in [0.1, 0.15) is 24.4 Å². The van der Waals surface area contributed by atoms with Crippen molar-refractivity contribution in [2.75, 3.05) is 19.6 Å². The molecule has 1 fully saturated rings. The van der Waals surface area contributed by atoms with E-state index in [-0.39, 0.29) is 0 Å². The van der Waals surface area contributed by atoms with Gasteiger partial charge in [0.1, 0.15) is 5.82 Å². The van der Waals surface area contributed by atoms with E-state index in [0.29, 0.717) is 24.5 Å². The second kappa shape index (κ2) is 6.31. The lowest BCUT2D eigenvalue weighted by atomic mass is 10.4. The molecule has 128 valence electrons. The van der Waals surface area contributed by atoms with Crippen molar-refractivity contribution in [3.63, 3.8) is 0 Å². The molecule has 0 unspecified atom stereocenters. The van der Waals surface area contributed by atoms with Crippen molar-refractivity contribution in [1.29, 1.82) is 0 Å². The van der Waals surface area contributed by atoms with Crippen molar-refractivity contribution in [2.24, 2.45) is 0 Å². The highest BCUT2D eigenvalue weighted by Gasteiger charge is 2.29. The third-order valence-corrected chi connectivity index (χ3v) is 6.64. The molecule has 2 aliphatic heterocycles. The molecule has 0 N–H and O–H groups in total. The number of hydrogen-bond acceptors (Lipinski definition) is 4. The number of likely N-dealkylation sites (tertiary alicyclic amines) is 1. The molecule has 1 aromatic heterocycles. The van der Waals surface area contributed by atoms with Crippen LogP contribution in [0.4, 0.5) is 0 Å². The van der Waals surface area contributed by atoms with Gasteiger partial charge in [0.05, 0.1) is 17.1 Å². The zero-order valence-electron chi connectivity index (χ0n) is 13.6. The summed E-state index contributed by atoms with van der Waals surface area (Å²) in [5.41, 5.74) is 1.05. The minimum absolute atomic E-state index is 0.344. The molecule has 4 rings (SSSR count). The normalized spacial score (nSPS) is 19.5. The van der Waals surface area contributed by atoms with Gasteiger partial charge in [-0.3, -0.25) is 4.90 Å². The van der Waals surface area contributed by atoms with Crippen molar-refractivity contribution in [1.82, 2.24) is 18.8 Å². The SMILES string of the molecule is O=S(=O)(c1ccccc1)N1CCn2cc(CN3CCCC3)nc2C1. The summed E-state index contributed by atoms with van der Waals surface area (Å²) in [7, 11) is -3.45. The summed E-state index contributed by atoms with van der Waals surface area (Å²) in [6.07, 6.45) is 4.60. The summed E-state index contributed by atoms with van der Waals surface area (Å²) >= 11 is 0. The molecule has 24 heavy (non-hydrogen) atoms. The Morgan fingerprint density at radius 1 is 1.00 bits per heavy atom. The van der Waals surface area contributed by atoms with Crippen molar-refractivity contribution in [3.8, 4) is 0 Å². The van der Waals surface area contributed by atoms with E-state index >= 15 is 0 Å². The van der Waals surface area contributed by atoms with Crippen LogP contribution in [0.15, 0.2) is 41.4 Å². The molecule has 7 heteroatoms. The zero-order chi connectivity index (χ0) is 16.6. The number of aromatic nitrogens is 2. The van der Waals surface area contributed by atoms with Crippen LogP contribution in [0, 0.1) is 0 Å². The van der Waals surface area contributed by atoms with Gasteiger partial charge in [-0.15, -0.1) is 0 Å². The van der Waals surface area contributed by atoms with E-state index in [4.69, 9.17) is 0 Å². The Kier molecular flexibility index (Phi) is 4.15. The molecule has 6 nitrogen and oxygen atoms in total. The monoisotopic (exact) mass is 346 g/mol. The van der Waals surface area contributed by atoms with Crippen LogP contribution in [0.3, 0.4) is 0 Å². The third kappa shape index (κ3) is 2.99. The molecule has 1 aromatic carbocycles. The van der Waals surface area contributed by atoms with Crippen molar-refractivity contribution >= 4 is 10.0 Å². The van der Waals surface area contributed by atoms with Crippen molar-refractivity contribution in [2.45, 2.75) is 37.4 Å². The first kappa shape index (κ1) is 15.8. The second-order valence-corrected chi connectivity index (χ2v) is 8.41. The predicted molar refractivity (Wildman–Crippen MR) is 90.8 cm³/mol. The Morgan fingerprint density at radius 2 is 1.75 bits per heavy atom. The van der Waals surface area contributed by atoms with Crippen molar-refractivity contribution in [3.05, 3.63) is 48.0 Å². The van der Waals surface area contributed by atoms with Gasteiger partial charge in [0.25, 0.3) is 0 Å². The van der Waals surface area contributed by atoms with Gasteiger partial charge in [0.15, 0.2) is 0 Å². The molecule has 0 aliphatic carbocycles. The molecule has 1 saturated heterocycles. The zero-order valence-corrected chi connectivity index (χ0v) is 14.5. The number of nitrogens with zero attached hydrogens (tertiary/aromatic N) is 4. The Balaban J connectivity index is 1.52. The minimum atomic E-state index is -3.45. The van der Waals surface area contributed by atoms with Gasteiger partial charge in [0, 0.05) is 25.8 Å². The number of fused-ring (bicyclic) bond motifs is 1. The maximum absolute atomic E-state index is 12.8. The largest absolute Gasteiger partial charge is 0.332 e. The smallest absolute Gasteiger partial charge is 0.243 e. The van der Waals surface area contributed by atoms with Gasteiger partial charge >= 0.3 is 0 Å². The van der Waals surface area contributed by atoms with Gasteiger partial charge in [-0.25, -0.2) is 13.4 Å². The van der Waals surface area contributed by atoms with Crippen LogP contribution in [0.2, 0.25) is 0 Å². The van der Waals surface area contributed by atoms with E-state index in [1.54, 1.807) is 24.3 Å². The first-order valence-electron chi connectivity index (χ1n) is 8.45. The van der Waals surface area contributed by atoms with Gasteiger partial charge in [-0.2, -0.15) is 4.31 Å². The lowest BCUT2D eigenvalue weighted by molar-refractivity contribution is 0.327. The predicted octanol–water partition coefficient (Wildman–Crippen LogP) is 1.68. The van der Waals surface area contributed by atoms with Gasteiger partial charge < -0.3 is 4.57 Å². The van der Waals surface area contributed by atoms with E-state index in [0.717, 1.165) is 31.2 Å². The fourth-order valence-electron chi connectivity index (χ4n) is 3.48. The number of imidazole rings is 1. The maximum Gasteiger partial charge on any atom is 0.243 e. The molecule has 0 radical (unpaired) electrons. The molecule has 0 saturated carbocycles. The van der Waals surface area contributed by atoms with E-state index < -0.39 is 10.0 Å². The van der Waals surface area contributed by atoms with Crippen LogP contribution in [-0.4, -0.2) is 46.8 Å². The summed E-state index contributed by atoms with van der Waals surface area (Å²) in [4.78, 5) is 7.45. The number of sulfonamides is 1. The minimum Gasteiger partial charge on any atom is -0.332 e.